The lowest BCUT2D eigenvalue weighted by Gasteiger charge is -2.31. The van der Waals surface area contributed by atoms with E-state index in [4.69, 9.17) is 0 Å². The number of amides is 1. The second-order valence-electron chi connectivity index (χ2n) is 6.12. The molecule has 1 aromatic carbocycles. The third-order valence-corrected chi connectivity index (χ3v) is 5.53. The highest BCUT2D eigenvalue weighted by Gasteiger charge is 2.26. The topological polar surface area (TPSA) is 121 Å². The van der Waals surface area contributed by atoms with E-state index in [0.717, 1.165) is 12.8 Å². The van der Waals surface area contributed by atoms with Gasteiger partial charge in [0.1, 0.15) is 0 Å². The van der Waals surface area contributed by atoms with Gasteiger partial charge in [-0.2, -0.15) is 5.21 Å². The van der Waals surface area contributed by atoms with Gasteiger partial charge in [0, 0.05) is 25.2 Å². The molecule has 0 aliphatic carbocycles. The Bertz CT molecular complexity index is 837. The van der Waals surface area contributed by atoms with Crippen molar-refractivity contribution in [2.45, 2.75) is 12.8 Å². The number of hydrogen-bond acceptors (Lipinski definition) is 6. The molecule has 1 fully saturated rings. The van der Waals surface area contributed by atoms with Crippen molar-refractivity contribution in [3.63, 3.8) is 0 Å². The summed E-state index contributed by atoms with van der Waals surface area (Å²) >= 11 is 0. The number of aromatic amines is 1. The predicted molar refractivity (Wildman–Crippen MR) is 91.1 cm³/mol. The molecule has 25 heavy (non-hydrogen) atoms. The van der Waals surface area contributed by atoms with Gasteiger partial charge in [0.25, 0.3) is 5.91 Å². The first-order valence-corrected chi connectivity index (χ1v) is 9.86. The second-order valence-corrected chi connectivity index (χ2v) is 8.10. The summed E-state index contributed by atoms with van der Waals surface area (Å²) in [5.74, 6) is 0.216. The Balaban J connectivity index is 1.66. The fraction of sp³-hybridized carbons (Fsp3) is 0.467. The summed E-state index contributed by atoms with van der Waals surface area (Å²) in [6, 6.07) is 7.02. The molecular weight excluding hydrogens is 344 g/mol. The molecule has 1 saturated heterocycles. The van der Waals surface area contributed by atoms with Gasteiger partial charge in [-0.1, -0.05) is 18.2 Å². The number of benzene rings is 1. The first-order valence-electron chi connectivity index (χ1n) is 8.01. The molecule has 0 radical (unpaired) electrons. The van der Waals surface area contributed by atoms with Gasteiger partial charge in [-0.3, -0.25) is 4.79 Å². The van der Waals surface area contributed by atoms with E-state index in [1.54, 1.807) is 24.3 Å². The molecule has 1 atom stereocenters. The van der Waals surface area contributed by atoms with Crippen LogP contribution < -0.4 is 5.32 Å². The van der Waals surface area contributed by atoms with Gasteiger partial charge >= 0.3 is 0 Å². The summed E-state index contributed by atoms with van der Waals surface area (Å²) in [6.07, 6.45) is 2.90. The number of sulfonamides is 1. The number of H-pyrrole nitrogens is 1. The quantitative estimate of drug-likeness (QED) is 0.785. The molecule has 2 aromatic rings. The monoisotopic (exact) mass is 364 g/mol. The molecule has 1 aromatic heterocycles. The minimum atomic E-state index is -3.19. The van der Waals surface area contributed by atoms with E-state index in [2.05, 4.69) is 25.9 Å². The van der Waals surface area contributed by atoms with Crippen LogP contribution in [0.15, 0.2) is 24.3 Å². The average Bonchev–Trinajstić information content (AvgIpc) is 3.14. The Labute approximate surface area is 145 Å². The molecule has 2 N–H and O–H groups in total. The molecule has 9 nitrogen and oxygen atoms in total. The van der Waals surface area contributed by atoms with Crippen LogP contribution in [0.4, 0.5) is 0 Å². The highest BCUT2D eigenvalue weighted by Crippen LogP contribution is 2.20. The van der Waals surface area contributed by atoms with E-state index in [0.29, 0.717) is 36.6 Å². The van der Waals surface area contributed by atoms with Crippen molar-refractivity contribution in [3.8, 4) is 11.4 Å². The summed E-state index contributed by atoms with van der Waals surface area (Å²) < 4.78 is 24.8. The first kappa shape index (κ1) is 17.5. The average molecular weight is 364 g/mol. The Morgan fingerprint density at radius 1 is 1.40 bits per heavy atom. The lowest BCUT2D eigenvalue weighted by atomic mass is 9.99. The molecule has 0 bridgehead atoms. The van der Waals surface area contributed by atoms with Gasteiger partial charge in [-0.15, -0.1) is 10.2 Å². The highest BCUT2D eigenvalue weighted by molar-refractivity contribution is 7.88. The fourth-order valence-electron chi connectivity index (χ4n) is 2.98. The molecule has 3 rings (SSSR count). The normalized spacial score (nSPS) is 18.8. The zero-order chi connectivity index (χ0) is 17.9. The zero-order valence-corrected chi connectivity index (χ0v) is 14.7. The third kappa shape index (κ3) is 4.20. The largest absolute Gasteiger partial charge is 0.352 e. The second kappa shape index (κ2) is 7.28. The minimum absolute atomic E-state index is 0.102. The molecule has 134 valence electrons. The highest BCUT2D eigenvalue weighted by atomic mass is 32.2. The van der Waals surface area contributed by atoms with Crippen LogP contribution in [-0.4, -0.2) is 65.1 Å². The standard InChI is InChI=1S/C15H20N6O3S/c1-25(23,24)21-8-4-5-11(10-21)9-16-15(22)13-7-3-2-6-12(13)14-17-19-20-18-14/h2-3,6-7,11H,4-5,8-10H2,1H3,(H,16,22)(H,17,18,19,20)/t11-/m0/s1. The van der Waals surface area contributed by atoms with E-state index < -0.39 is 10.0 Å². The van der Waals surface area contributed by atoms with Crippen molar-refractivity contribution < 1.29 is 13.2 Å². The maximum atomic E-state index is 12.6. The smallest absolute Gasteiger partial charge is 0.252 e. The maximum absolute atomic E-state index is 12.6. The van der Waals surface area contributed by atoms with Crippen LogP contribution in [0.25, 0.3) is 11.4 Å². The zero-order valence-electron chi connectivity index (χ0n) is 13.8. The van der Waals surface area contributed by atoms with Gasteiger partial charge in [0.2, 0.25) is 15.8 Å². The first-order chi connectivity index (χ1) is 11.9. The number of carbonyl (C=O) groups excluding carboxylic acids is 1. The van der Waals surface area contributed by atoms with Crippen LogP contribution >= 0.6 is 0 Å². The molecule has 2 heterocycles. The number of carbonyl (C=O) groups is 1. The van der Waals surface area contributed by atoms with Crippen LogP contribution in [0.3, 0.4) is 0 Å². The SMILES string of the molecule is CS(=O)(=O)N1CCC[C@@H](CNC(=O)c2ccccc2-c2nn[nH]n2)C1. The van der Waals surface area contributed by atoms with Crippen molar-refractivity contribution in [3.05, 3.63) is 29.8 Å². The van der Waals surface area contributed by atoms with Crippen LogP contribution in [0.1, 0.15) is 23.2 Å². The third-order valence-electron chi connectivity index (χ3n) is 4.26. The summed E-state index contributed by atoms with van der Waals surface area (Å²) in [4.78, 5) is 12.6. The van der Waals surface area contributed by atoms with Crippen molar-refractivity contribution in [2.24, 2.45) is 5.92 Å². The van der Waals surface area contributed by atoms with Gasteiger partial charge < -0.3 is 5.32 Å². The van der Waals surface area contributed by atoms with Crippen LogP contribution in [0, 0.1) is 5.92 Å². The van der Waals surface area contributed by atoms with Gasteiger partial charge in [-0.05, 0) is 30.0 Å². The minimum Gasteiger partial charge on any atom is -0.352 e. The van der Waals surface area contributed by atoms with E-state index in [1.165, 1.54) is 10.6 Å². The number of nitrogens with one attached hydrogen (secondary N) is 2. The van der Waals surface area contributed by atoms with E-state index in [9.17, 15) is 13.2 Å². The number of tetrazole rings is 1. The van der Waals surface area contributed by atoms with Crippen molar-refractivity contribution in [2.75, 3.05) is 25.9 Å². The summed E-state index contributed by atoms with van der Waals surface area (Å²) in [6.45, 7) is 1.40. The van der Waals surface area contributed by atoms with Gasteiger partial charge in [0.05, 0.1) is 11.8 Å². The van der Waals surface area contributed by atoms with E-state index >= 15 is 0 Å². The van der Waals surface area contributed by atoms with E-state index in [-0.39, 0.29) is 11.8 Å². The molecule has 1 aliphatic heterocycles. The van der Waals surface area contributed by atoms with Crippen LogP contribution in [-0.2, 0) is 10.0 Å². The molecule has 0 saturated carbocycles. The molecular formula is C15H20N6O3S. The Morgan fingerprint density at radius 2 is 2.20 bits per heavy atom. The van der Waals surface area contributed by atoms with Crippen molar-refractivity contribution in [1.29, 1.82) is 0 Å². The maximum Gasteiger partial charge on any atom is 0.252 e. The summed E-state index contributed by atoms with van der Waals surface area (Å²) in [5, 5.41) is 16.6. The molecule has 10 heteroatoms. The lowest BCUT2D eigenvalue weighted by Crippen LogP contribution is -2.43. The molecule has 0 unspecified atom stereocenters. The van der Waals surface area contributed by atoms with Crippen molar-refractivity contribution in [1.82, 2.24) is 30.2 Å². The number of hydrogen-bond donors (Lipinski definition) is 2. The Kier molecular flexibility index (Phi) is 5.09. The van der Waals surface area contributed by atoms with Gasteiger partial charge in [0.15, 0.2) is 0 Å². The Hall–Kier alpha value is -2.33. The van der Waals surface area contributed by atoms with Crippen LogP contribution in [0.2, 0.25) is 0 Å². The van der Waals surface area contributed by atoms with E-state index in [1.807, 2.05) is 0 Å². The molecule has 0 spiro atoms. The van der Waals surface area contributed by atoms with Crippen LogP contribution in [0.5, 0.6) is 0 Å². The number of nitrogens with zero attached hydrogens (tertiary/aromatic N) is 4. The van der Waals surface area contributed by atoms with Crippen molar-refractivity contribution >= 4 is 15.9 Å². The summed E-state index contributed by atoms with van der Waals surface area (Å²) in [5.41, 5.74) is 1.05. The number of rotatable bonds is 5. The molecule has 1 aliphatic rings. The molecule has 1 amide bonds. The number of piperidine rings is 1. The lowest BCUT2D eigenvalue weighted by molar-refractivity contribution is 0.0942. The van der Waals surface area contributed by atoms with Gasteiger partial charge in [-0.25, -0.2) is 12.7 Å². The summed E-state index contributed by atoms with van der Waals surface area (Å²) in [7, 11) is -3.19. The predicted octanol–water partition coefficient (Wildman–Crippen LogP) is 0.268. The number of aromatic nitrogens is 4. The fourth-order valence-corrected chi connectivity index (χ4v) is 3.92. The Morgan fingerprint density at radius 3 is 2.92 bits per heavy atom.